The second-order valence-electron chi connectivity index (χ2n) is 4.82. The fourth-order valence-electron chi connectivity index (χ4n) is 2.14. The quantitative estimate of drug-likeness (QED) is 0.867. The molecule has 0 saturated heterocycles. The van der Waals surface area contributed by atoms with Gasteiger partial charge < -0.3 is 5.11 Å². The number of rotatable bonds is 6. The number of halogens is 2. The molecule has 106 valence electrons. The van der Waals surface area contributed by atoms with Gasteiger partial charge in [-0.1, -0.05) is 17.7 Å². The Morgan fingerprint density at radius 3 is 2.53 bits per heavy atom. The van der Waals surface area contributed by atoms with E-state index in [9.17, 15) is 9.18 Å². The molecule has 0 aliphatic heterocycles. The SMILES string of the molecule is CC(C)N(CCC(=O)O)C(C)c1ccc(F)cc1Cl. The Hall–Kier alpha value is -1.13. The molecule has 0 aromatic heterocycles. The Morgan fingerprint density at radius 2 is 2.05 bits per heavy atom. The lowest BCUT2D eigenvalue weighted by atomic mass is 10.0. The number of nitrogens with zero attached hydrogens (tertiary/aromatic N) is 1. The third kappa shape index (κ3) is 4.48. The number of aliphatic carboxylic acids is 1. The van der Waals surface area contributed by atoms with Gasteiger partial charge in [0.25, 0.3) is 0 Å². The number of benzene rings is 1. The average Bonchev–Trinajstić information content (AvgIpc) is 2.27. The van der Waals surface area contributed by atoms with Crippen molar-refractivity contribution in [3.63, 3.8) is 0 Å². The van der Waals surface area contributed by atoms with Gasteiger partial charge in [-0.25, -0.2) is 4.39 Å². The lowest BCUT2D eigenvalue weighted by Crippen LogP contribution is -2.35. The Kier molecular flexibility index (Phi) is 5.76. The second-order valence-corrected chi connectivity index (χ2v) is 5.22. The minimum absolute atomic E-state index is 0.0625. The third-order valence-corrected chi connectivity index (χ3v) is 3.48. The summed E-state index contributed by atoms with van der Waals surface area (Å²) in [6.45, 7) is 6.37. The van der Waals surface area contributed by atoms with Crippen LogP contribution in [0.5, 0.6) is 0 Å². The van der Waals surface area contributed by atoms with Crippen LogP contribution in [0.4, 0.5) is 4.39 Å². The molecule has 0 heterocycles. The van der Waals surface area contributed by atoms with E-state index in [1.165, 1.54) is 12.1 Å². The number of carbonyl (C=O) groups is 1. The largest absolute Gasteiger partial charge is 0.481 e. The van der Waals surface area contributed by atoms with Crippen LogP contribution in [-0.2, 0) is 4.79 Å². The topological polar surface area (TPSA) is 40.5 Å². The van der Waals surface area contributed by atoms with E-state index in [1.807, 2.05) is 25.7 Å². The highest BCUT2D eigenvalue weighted by Gasteiger charge is 2.21. The summed E-state index contributed by atoms with van der Waals surface area (Å²) in [5.74, 6) is -1.20. The van der Waals surface area contributed by atoms with Crippen LogP contribution >= 0.6 is 11.6 Å². The Morgan fingerprint density at radius 1 is 1.42 bits per heavy atom. The van der Waals surface area contributed by atoms with Gasteiger partial charge in [-0.05, 0) is 38.5 Å². The molecule has 1 unspecified atom stereocenters. The number of carboxylic acid groups (broad SMARTS) is 1. The molecular formula is C14H19ClFNO2. The molecular weight excluding hydrogens is 269 g/mol. The van der Waals surface area contributed by atoms with Crippen molar-refractivity contribution in [1.82, 2.24) is 4.90 Å². The van der Waals surface area contributed by atoms with Gasteiger partial charge in [0.2, 0.25) is 0 Å². The Labute approximate surface area is 118 Å². The Bertz CT molecular complexity index is 451. The maximum atomic E-state index is 13.0. The van der Waals surface area contributed by atoms with Crippen LogP contribution in [0.3, 0.4) is 0 Å². The van der Waals surface area contributed by atoms with Crippen LogP contribution in [0.1, 0.15) is 38.8 Å². The van der Waals surface area contributed by atoms with Crippen molar-refractivity contribution < 1.29 is 14.3 Å². The zero-order valence-electron chi connectivity index (χ0n) is 11.4. The highest BCUT2D eigenvalue weighted by molar-refractivity contribution is 6.31. The van der Waals surface area contributed by atoms with Crippen LogP contribution in [0.2, 0.25) is 5.02 Å². The smallest absolute Gasteiger partial charge is 0.304 e. The van der Waals surface area contributed by atoms with Crippen molar-refractivity contribution in [3.8, 4) is 0 Å². The summed E-state index contributed by atoms with van der Waals surface area (Å²) >= 11 is 6.05. The summed E-state index contributed by atoms with van der Waals surface area (Å²) in [7, 11) is 0. The molecule has 0 saturated carbocycles. The first-order valence-corrected chi connectivity index (χ1v) is 6.63. The molecule has 1 N–H and O–H groups in total. The second kappa shape index (κ2) is 6.87. The van der Waals surface area contributed by atoms with E-state index in [-0.39, 0.29) is 24.3 Å². The van der Waals surface area contributed by atoms with Crippen LogP contribution in [0, 0.1) is 5.82 Å². The highest BCUT2D eigenvalue weighted by atomic mass is 35.5. The first-order chi connectivity index (χ1) is 8.82. The van der Waals surface area contributed by atoms with E-state index in [4.69, 9.17) is 16.7 Å². The average molecular weight is 288 g/mol. The minimum Gasteiger partial charge on any atom is -0.481 e. The van der Waals surface area contributed by atoms with Gasteiger partial charge in [0.05, 0.1) is 6.42 Å². The molecule has 0 radical (unpaired) electrons. The predicted octanol–water partition coefficient (Wildman–Crippen LogP) is 3.73. The maximum absolute atomic E-state index is 13.0. The standard InChI is InChI=1S/C14H19ClFNO2/c1-9(2)17(7-6-14(18)19)10(3)12-5-4-11(16)8-13(12)15/h4-5,8-10H,6-7H2,1-3H3,(H,18,19). The molecule has 1 aromatic rings. The predicted molar refractivity (Wildman–Crippen MR) is 73.9 cm³/mol. The van der Waals surface area contributed by atoms with Crippen molar-refractivity contribution in [3.05, 3.63) is 34.6 Å². The molecule has 19 heavy (non-hydrogen) atoms. The molecule has 3 nitrogen and oxygen atoms in total. The van der Waals surface area contributed by atoms with Crippen molar-refractivity contribution in [2.24, 2.45) is 0 Å². The summed E-state index contributed by atoms with van der Waals surface area (Å²) in [6, 6.07) is 4.41. The van der Waals surface area contributed by atoms with Crippen LogP contribution in [0.25, 0.3) is 0 Å². The van der Waals surface area contributed by atoms with Gasteiger partial charge in [-0.3, -0.25) is 9.69 Å². The minimum atomic E-state index is -0.831. The fraction of sp³-hybridized carbons (Fsp3) is 0.500. The van der Waals surface area contributed by atoms with Crippen LogP contribution in [0.15, 0.2) is 18.2 Å². The first-order valence-electron chi connectivity index (χ1n) is 6.25. The van der Waals surface area contributed by atoms with Gasteiger partial charge in [0, 0.05) is 23.7 Å². The first kappa shape index (κ1) is 15.9. The normalized spacial score (nSPS) is 13.0. The van der Waals surface area contributed by atoms with E-state index in [2.05, 4.69) is 0 Å². The van der Waals surface area contributed by atoms with E-state index in [0.29, 0.717) is 11.6 Å². The zero-order chi connectivity index (χ0) is 14.6. The molecule has 5 heteroatoms. The van der Waals surface area contributed by atoms with E-state index in [1.54, 1.807) is 6.07 Å². The molecule has 0 amide bonds. The molecule has 0 bridgehead atoms. The van der Waals surface area contributed by atoms with Crippen molar-refractivity contribution in [1.29, 1.82) is 0 Å². The fourth-order valence-corrected chi connectivity index (χ4v) is 2.47. The lowest BCUT2D eigenvalue weighted by Gasteiger charge is -2.33. The number of carboxylic acids is 1. The summed E-state index contributed by atoms with van der Waals surface area (Å²) in [5.41, 5.74) is 0.808. The van der Waals surface area contributed by atoms with Gasteiger partial charge in [0.1, 0.15) is 5.82 Å². The molecule has 1 atom stereocenters. The van der Waals surface area contributed by atoms with Gasteiger partial charge >= 0.3 is 5.97 Å². The van der Waals surface area contributed by atoms with Gasteiger partial charge in [-0.15, -0.1) is 0 Å². The lowest BCUT2D eigenvalue weighted by molar-refractivity contribution is -0.137. The highest BCUT2D eigenvalue weighted by Crippen LogP contribution is 2.29. The number of hydrogen-bond donors (Lipinski definition) is 1. The summed E-state index contributed by atoms with van der Waals surface area (Å²) in [4.78, 5) is 12.7. The monoisotopic (exact) mass is 287 g/mol. The third-order valence-electron chi connectivity index (χ3n) is 3.16. The van der Waals surface area contributed by atoms with E-state index >= 15 is 0 Å². The molecule has 0 aliphatic rings. The van der Waals surface area contributed by atoms with Crippen molar-refractivity contribution in [2.75, 3.05) is 6.54 Å². The zero-order valence-corrected chi connectivity index (χ0v) is 12.1. The summed E-state index contributed by atoms with van der Waals surface area (Å²) < 4.78 is 13.0. The summed E-state index contributed by atoms with van der Waals surface area (Å²) in [5, 5.41) is 9.15. The maximum Gasteiger partial charge on any atom is 0.304 e. The molecule has 1 aromatic carbocycles. The summed E-state index contributed by atoms with van der Waals surface area (Å²) in [6.07, 6.45) is 0.0708. The van der Waals surface area contributed by atoms with Crippen LogP contribution in [-0.4, -0.2) is 28.6 Å². The van der Waals surface area contributed by atoms with Crippen molar-refractivity contribution in [2.45, 2.75) is 39.3 Å². The molecule has 0 spiro atoms. The van der Waals surface area contributed by atoms with Gasteiger partial charge in [-0.2, -0.15) is 0 Å². The van der Waals surface area contributed by atoms with E-state index in [0.717, 1.165) is 5.56 Å². The van der Waals surface area contributed by atoms with Crippen molar-refractivity contribution >= 4 is 17.6 Å². The Balaban J connectivity index is 2.92. The van der Waals surface area contributed by atoms with Gasteiger partial charge in [0.15, 0.2) is 0 Å². The molecule has 0 aliphatic carbocycles. The van der Waals surface area contributed by atoms with Crippen LogP contribution < -0.4 is 0 Å². The molecule has 0 fully saturated rings. The van der Waals surface area contributed by atoms with E-state index < -0.39 is 5.97 Å². The number of hydrogen-bond acceptors (Lipinski definition) is 2. The molecule has 1 rings (SSSR count).